The zero-order valence-electron chi connectivity index (χ0n) is 19.6. The Morgan fingerprint density at radius 1 is 0.939 bits per heavy atom. The Morgan fingerprint density at radius 2 is 1.55 bits per heavy atom. The van der Waals surface area contributed by atoms with Gasteiger partial charge in [-0.05, 0) is 106 Å². The SMILES string of the molecule is O=C(NC1CC2CCC(C1)N2C(=S)NCCc1ccccc1)NC12CC3CC(CC(C3)C1)C2. The summed E-state index contributed by atoms with van der Waals surface area (Å²) >= 11 is 5.80. The molecule has 6 bridgehead atoms. The zero-order valence-corrected chi connectivity index (χ0v) is 20.4. The second-order valence-corrected chi connectivity index (χ2v) is 12.1. The number of amides is 2. The largest absolute Gasteiger partial charge is 0.362 e. The van der Waals surface area contributed by atoms with Gasteiger partial charge in [0.1, 0.15) is 0 Å². The maximum absolute atomic E-state index is 13.0. The number of carbonyl (C=O) groups excluding carboxylic acids is 1. The average molecular weight is 467 g/mol. The number of fused-ring (bicyclic) bond motifs is 2. The molecule has 2 atom stereocenters. The first-order valence-corrected chi connectivity index (χ1v) is 13.6. The second-order valence-electron chi connectivity index (χ2n) is 11.7. The molecule has 2 amide bonds. The normalized spacial score (nSPS) is 38.2. The van der Waals surface area contributed by atoms with E-state index in [4.69, 9.17) is 12.2 Å². The number of benzene rings is 1. The molecule has 33 heavy (non-hydrogen) atoms. The number of hydrogen-bond acceptors (Lipinski definition) is 2. The summed E-state index contributed by atoms with van der Waals surface area (Å²) in [6.45, 7) is 0.869. The number of urea groups is 1. The second kappa shape index (κ2) is 8.75. The summed E-state index contributed by atoms with van der Waals surface area (Å²) in [6.07, 6.45) is 13.2. The smallest absolute Gasteiger partial charge is 0.315 e. The summed E-state index contributed by atoms with van der Waals surface area (Å²) < 4.78 is 0. The van der Waals surface area contributed by atoms with E-state index in [0.29, 0.717) is 12.1 Å². The quantitative estimate of drug-likeness (QED) is 0.564. The fraction of sp³-hybridized carbons (Fsp3) is 0.704. The van der Waals surface area contributed by atoms with E-state index < -0.39 is 0 Å². The van der Waals surface area contributed by atoms with E-state index in [-0.39, 0.29) is 17.6 Å². The predicted octanol–water partition coefficient (Wildman–Crippen LogP) is 4.37. The van der Waals surface area contributed by atoms with Crippen LogP contribution in [0.25, 0.3) is 0 Å². The Morgan fingerprint density at radius 3 is 2.15 bits per heavy atom. The van der Waals surface area contributed by atoms with Crippen molar-refractivity contribution < 1.29 is 4.79 Å². The molecule has 1 aromatic rings. The van der Waals surface area contributed by atoms with Crippen molar-refractivity contribution in [2.45, 2.75) is 94.3 Å². The highest BCUT2D eigenvalue weighted by atomic mass is 32.1. The molecule has 178 valence electrons. The zero-order chi connectivity index (χ0) is 22.4. The lowest BCUT2D eigenvalue weighted by atomic mass is 9.53. The summed E-state index contributed by atoms with van der Waals surface area (Å²) in [5, 5.41) is 11.3. The molecule has 2 unspecified atom stereocenters. The third kappa shape index (κ3) is 4.48. The first-order valence-electron chi connectivity index (χ1n) is 13.2. The minimum absolute atomic E-state index is 0.0818. The third-order valence-electron chi connectivity index (χ3n) is 9.25. The minimum Gasteiger partial charge on any atom is -0.362 e. The molecule has 4 aliphatic carbocycles. The van der Waals surface area contributed by atoms with E-state index in [9.17, 15) is 4.79 Å². The van der Waals surface area contributed by atoms with E-state index in [1.165, 1.54) is 56.9 Å². The van der Waals surface area contributed by atoms with Crippen LogP contribution >= 0.6 is 12.2 Å². The first-order chi connectivity index (χ1) is 16.1. The number of carbonyl (C=O) groups is 1. The van der Waals surface area contributed by atoms with Crippen LogP contribution in [0.2, 0.25) is 0 Å². The van der Waals surface area contributed by atoms with Gasteiger partial charge in [0.15, 0.2) is 5.11 Å². The fourth-order valence-electron chi connectivity index (χ4n) is 8.40. The molecule has 2 heterocycles. The first kappa shape index (κ1) is 21.7. The third-order valence-corrected chi connectivity index (χ3v) is 9.61. The lowest BCUT2D eigenvalue weighted by molar-refractivity contribution is -0.0138. The van der Waals surface area contributed by atoms with Gasteiger partial charge >= 0.3 is 6.03 Å². The minimum atomic E-state index is 0.0818. The monoisotopic (exact) mass is 466 g/mol. The Bertz CT molecular complexity index is 840. The summed E-state index contributed by atoms with van der Waals surface area (Å²) in [6, 6.07) is 11.8. The predicted molar refractivity (Wildman–Crippen MR) is 135 cm³/mol. The van der Waals surface area contributed by atoms with Gasteiger partial charge in [-0.15, -0.1) is 0 Å². The van der Waals surface area contributed by atoms with Gasteiger partial charge < -0.3 is 20.9 Å². The highest BCUT2D eigenvalue weighted by molar-refractivity contribution is 7.80. The molecule has 1 aromatic carbocycles. The van der Waals surface area contributed by atoms with Crippen LogP contribution in [0.4, 0.5) is 4.79 Å². The Balaban J connectivity index is 0.995. The van der Waals surface area contributed by atoms with Gasteiger partial charge in [-0.2, -0.15) is 0 Å². The molecule has 0 spiro atoms. The molecule has 0 aromatic heterocycles. The summed E-state index contributed by atoms with van der Waals surface area (Å²) in [4.78, 5) is 15.5. The number of rotatable bonds is 5. The van der Waals surface area contributed by atoms with E-state index in [1.54, 1.807) is 0 Å². The molecule has 4 saturated carbocycles. The number of nitrogens with one attached hydrogen (secondary N) is 3. The van der Waals surface area contributed by atoms with Gasteiger partial charge in [-0.25, -0.2) is 4.79 Å². The number of nitrogens with zero attached hydrogens (tertiary/aromatic N) is 1. The molecule has 6 aliphatic rings. The van der Waals surface area contributed by atoms with Crippen molar-refractivity contribution in [3.63, 3.8) is 0 Å². The number of piperidine rings is 1. The van der Waals surface area contributed by atoms with Crippen LogP contribution in [0.5, 0.6) is 0 Å². The Labute approximate surface area is 203 Å². The van der Waals surface area contributed by atoms with Crippen LogP contribution < -0.4 is 16.0 Å². The summed E-state index contributed by atoms with van der Waals surface area (Å²) in [7, 11) is 0. The van der Waals surface area contributed by atoms with Crippen molar-refractivity contribution in [2.75, 3.05) is 6.54 Å². The van der Waals surface area contributed by atoms with Crippen molar-refractivity contribution in [1.82, 2.24) is 20.9 Å². The van der Waals surface area contributed by atoms with E-state index in [2.05, 4.69) is 51.2 Å². The number of thiocarbonyl (C=S) groups is 1. The van der Waals surface area contributed by atoms with Crippen LogP contribution in [0.15, 0.2) is 30.3 Å². The molecular weight excluding hydrogens is 428 g/mol. The van der Waals surface area contributed by atoms with Crippen LogP contribution in [0.1, 0.15) is 69.8 Å². The van der Waals surface area contributed by atoms with Crippen molar-refractivity contribution >= 4 is 23.4 Å². The average Bonchev–Trinajstić information content (AvgIpc) is 3.03. The molecular formula is C27H38N4OS. The Hall–Kier alpha value is -1.82. The molecule has 6 heteroatoms. The molecule has 2 aliphatic heterocycles. The molecule has 7 rings (SSSR count). The van der Waals surface area contributed by atoms with Crippen molar-refractivity contribution in [1.29, 1.82) is 0 Å². The summed E-state index contributed by atoms with van der Waals surface area (Å²) in [5.74, 6) is 2.56. The lowest BCUT2D eigenvalue weighted by Gasteiger charge is -2.56. The van der Waals surface area contributed by atoms with E-state index in [1.807, 2.05) is 0 Å². The van der Waals surface area contributed by atoms with Gasteiger partial charge in [0.25, 0.3) is 0 Å². The fourth-order valence-corrected chi connectivity index (χ4v) is 8.80. The maximum atomic E-state index is 13.0. The molecule has 6 fully saturated rings. The van der Waals surface area contributed by atoms with Crippen LogP contribution in [-0.4, -0.2) is 46.3 Å². The van der Waals surface area contributed by atoms with Gasteiger partial charge in [0, 0.05) is 30.2 Å². The highest BCUT2D eigenvalue weighted by Gasteiger charge is 2.52. The van der Waals surface area contributed by atoms with Crippen molar-refractivity contribution in [3.05, 3.63) is 35.9 Å². The van der Waals surface area contributed by atoms with Crippen LogP contribution in [0.3, 0.4) is 0 Å². The van der Waals surface area contributed by atoms with Gasteiger partial charge in [-0.1, -0.05) is 30.3 Å². The van der Waals surface area contributed by atoms with Gasteiger partial charge in [0.2, 0.25) is 0 Å². The molecule has 5 nitrogen and oxygen atoms in total. The Kier molecular flexibility index (Phi) is 5.76. The van der Waals surface area contributed by atoms with Crippen LogP contribution in [-0.2, 0) is 6.42 Å². The van der Waals surface area contributed by atoms with Gasteiger partial charge in [-0.3, -0.25) is 0 Å². The van der Waals surface area contributed by atoms with Gasteiger partial charge in [0.05, 0.1) is 0 Å². The summed E-state index contributed by atoms with van der Waals surface area (Å²) in [5.41, 5.74) is 1.42. The van der Waals surface area contributed by atoms with E-state index >= 15 is 0 Å². The maximum Gasteiger partial charge on any atom is 0.315 e. The van der Waals surface area contributed by atoms with Crippen molar-refractivity contribution in [3.8, 4) is 0 Å². The van der Waals surface area contributed by atoms with E-state index in [0.717, 1.165) is 48.7 Å². The topological polar surface area (TPSA) is 56.4 Å². The standard InChI is InChI=1S/C27H38N4OS/c32-25(30-27-15-19-10-20(16-27)12-21(11-19)17-27)29-22-13-23-6-7-24(14-22)31(23)26(33)28-9-8-18-4-2-1-3-5-18/h1-5,19-24H,6-17H2,(H,28,33)(H2,29,30,32). The molecule has 2 saturated heterocycles. The van der Waals surface area contributed by atoms with Crippen molar-refractivity contribution in [2.24, 2.45) is 17.8 Å². The van der Waals surface area contributed by atoms with Crippen LogP contribution in [0, 0.1) is 17.8 Å². The number of hydrogen-bond donors (Lipinski definition) is 3. The lowest BCUT2D eigenvalue weighted by Crippen LogP contribution is -2.63. The molecule has 3 N–H and O–H groups in total. The molecule has 0 radical (unpaired) electrons. The highest BCUT2D eigenvalue weighted by Crippen LogP contribution is 2.55.